The fourth-order valence-electron chi connectivity index (χ4n) is 1.65. The number of nitrogens with one attached hydrogen (secondary N) is 1. The summed E-state index contributed by atoms with van der Waals surface area (Å²) in [5.41, 5.74) is -0.0806. The second-order valence-corrected chi connectivity index (χ2v) is 4.62. The molecule has 3 N–H and O–H groups in total. The molecule has 0 bridgehead atoms. The van der Waals surface area contributed by atoms with E-state index in [1.54, 1.807) is 0 Å². The lowest BCUT2D eigenvalue weighted by atomic mass is 10.0. The Labute approximate surface area is 105 Å². The summed E-state index contributed by atoms with van der Waals surface area (Å²) in [5, 5.41) is 21.8. The molecule has 0 amide bonds. The standard InChI is InChI=1S/C13H19F2NO2/c1-8(2)12(7-17)16-6-13(18)10-5-9(14)3-4-11(10)15/h3-5,8,12-13,16-18H,6-7H2,1-2H3/t12-,13?/m1/s1. The van der Waals surface area contributed by atoms with Crippen LogP contribution in [0.15, 0.2) is 18.2 Å². The number of benzene rings is 1. The van der Waals surface area contributed by atoms with E-state index >= 15 is 0 Å². The zero-order valence-corrected chi connectivity index (χ0v) is 10.5. The lowest BCUT2D eigenvalue weighted by molar-refractivity contribution is 0.145. The molecule has 3 nitrogen and oxygen atoms in total. The first kappa shape index (κ1) is 15.0. The minimum absolute atomic E-state index is 0.0593. The van der Waals surface area contributed by atoms with E-state index < -0.39 is 17.7 Å². The second-order valence-electron chi connectivity index (χ2n) is 4.62. The van der Waals surface area contributed by atoms with Gasteiger partial charge in [-0.3, -0.25) is 0 Å². The van der Waals surface area contributed by atoms with Crippen molar-refractivity contribution in [3.8, 4) is 0 Å². The normalized spacial score (nSPS) is 14.8. The first-order valence-corrected chi connectivity index (χ1v) is 5.93. The molecule has 0 aliphatic heterocycles. The maximum absolute atomic E-state index is 13.4. The van der Waals surface area contributed by atoms with E-state index in [0.717, 1.165) is 18.2 Å². The Morgan fingerprint density at radius 2 is 1.94 bits per heavy atom. The largest absolute Gasteiger partial charge is 0.395 e. The van der Waals surface area contributed by atoms with Crippen molar-refractivity contribution in [3.63, 3.8) is 0 Å². The van der Waals surface area contributed by atoms with Gasteiger partial charge < -0.3 is 15.5 Å². The van der Waals surface area contributed by atoms with Gasteiger partial charge in [-0.2, -0.15) is 0 Å². The molecule has 18 heavy (non-hydrogen) atoms. The third kappa shape index (κ3) is 4.01. The smallest absolute Gasteiger partial charge is 0.129 e. The maximum Gasteiger partial charge on any atom is 0.129 e. The lowest BCUT2D eigenvalue weighted by Crippen LogP contribution is -2.39. The van der Waals surface area contributed by atoms with E-state index in [1.807, 2.05) is 13.8 Å². The van der Waals surface area contributed by atoms with Crippen molar-refractivity contribution in [3.05, 3.63) is 35.4 Å². The van der Waals surface area contributed by atoms with E-state index in [1.165, 1.54) is 0 Å². The summed E-state index contributed by atoms with van der Waals surface area (Å²) in [4.78, 5) is 0. The van der Waals surface area contributed by atoms with Crippen LogP contribution < -0.4 is 5.32 Å². The van der Waals surface area contributed by atoms with Crippen molar-refractivity contribution in [2.45, 2.75) is 26.0 Å². The first-order valence-electron chi connectivity index (χ1n) is 5.93. The van der Waals surface area contributed by atoms with Gasteiger partial charge in [-0.15, -0.1) is 0 Å². The molecule has 0 aliphatic carbocycles. The minimum Gasteiger partial charge on any atom is -0.395 e. The molecule has 0 spiro atoms. The highest BCUT2D eigenvalue weighted by Gasteiger charge is 2.17. The highest BCUT2D eigenvalue weighted by Crippen LogP contribution is 2.18. The Hall–Kier alpha value is -1.04. The van der Waals surface area contributed by atoms with E-state index in [2.05, 4.69) is 5.32 Å². The fraction of sp³-hybridized carbons (Fsp3) is 0.538. The number of aliphatic hydroxyl groups is 2. The van der Waals surface area contributed by atoms with Crippen LogP contribution in [-0.2, 0) is 0 Å². The average Bonchev–Trinajstić information content (AvgIpc) is 2.32. The summed E-state index contributed by atoms with van der Waals surface area (Å²) in [6.45, 7) is 3.83. The van der Waals surface area contributed by atoms with Gasteiger partial charge in [-0.05, 0) is 24.1 Å². The zero-order valence-electron chi connectivity index (χ0n) is 10.5. The first-order chi connectivity index (χ1) is 8.45. The number of hydrogen-bond donors (Lipinski definition) is 3. The number of aliphatic hydroxyl groups excluding tert-OH is 2. The molecular formula is C13H19F2NO2. The summed E-state index contributed by atoms with van der Waals surface area (Å²) in [6, 6.07) is 2.78. The molecule has 102 valence electrons. The molecule has 1 unspecified atom stereocenters. The number of rotatable bonds is 6. The van der Waals surface area contributed by atoms with Crippen LogP contribution in [0, 0.1) is 17.6 Å². The molecule has 1 aromatic rings. The highest BCUT2D eigenvalue weighted by molar-refractivity contribution is 5.21. The topological polar surface area (TPSA) is 52.5 Å². The van der Waals surface area contributed by atoms with E-state index in [-0.39, 0.29) is 30.7 Å². The number of hydrogen-bond acceptors (Lipinski definition) is 3. The van der Waals surface area contributed by atoms with Crippen molar-refractivity contribution in [1.29, 1.82) is 0 Å². The molecule has 0 heterocycles. The third-order valence-corrected chi connectivity index (χ3v) is 2.89. The summed E-state index contributed by atoms with van der Waals surface area (Å²) in [5.74, 6) is -1.05. The van der Waals surface area contributed by atoms with Crippen molar-refractivity contribution >= 4 is 0 Å². The van der Waals surface area contributed by atoms with Gasteiger partial charge in [-0.25, -0.2) is 8.78 Å². The van der Waals surface area contributed by atoms with Crippen LogP contribution in [0.25, 0.3) is 0 Å². The van der Waals surface area contributed by atoms with Gasteiger partial charge in [0.15, 0.2) is 0 Å². The van der Waals surface area contributed by atoms with Gasteiger partial charge in [0.25, 0.3) is 0 Å². The van der Waals surface area contributed by atoms with Gasteiger partial charge in [0.1, 0.15) is 11.6 Å². The molecule has 0 aromatic heterocycles. The van der Waals surface area contributed by atoms with E-state index in [4.69, 9.17) is 5.11 Å². The third-order valence-electron chi connectivity index (χ3n) is 2.89. The fourth-order valence-corrected chi connectivity index (χ4v) is 1.65. The van der Waals surface area contributed by atoms with Gasteiger partial charge in [0.05, 0.1) is 12.7 Å². The molecule has 2 atom stereocenters. The maximum atomic E-state index is 13.4. The lowest BCUT2D eigenvalue weighted by Gasteiger charge is -2.22. The zero-order chi connectivity index (χ0) is 13.7. The van der Waals surface area contributed by atoms with Gasteiger partial charge in [0.2, 0.25) is 0 Å². The van der Waals surface area contributed by atoms with Crippen molar-refractivity contribution < 1.29 is 19.0 Å². The van der Waals surface area contributed by atoms with Crippen molar-refractivity contribution in [1.82, 2.24) is 5.32 Å². The SMILES string of the molecule is CC(C)[C@@H](CO)NCC(O)c1cc(F)ccc1F. The minimum atomic E-state index is -1.14. The van der Waals surface area contributed by atoms with Crippen LogP contribution in [-0.4, -0.2) is 29.4 Å². The molecule has 0 saturated heterocycles. The molecule has 0 radical (unpaired) electrons. The quantitative estimate of drug-likeness (QED) is 0.727. The summed E-state index contributed by atoms with van der Waals surface area (Å²) < 4.78 is 26.3. The Kier molecular flexibility index (Phi) is 5.65. The van der Waals surface area contributed by atoms with Gasteiger partial charge >= 0.3 is 0 Å². The van der Waals surface area contributed by atoms with Crippen LogP contribution in [0.5, 0.6) is 0 Å². The molecule has 0 saturated carbocycles. The molecular weight excluding hydrogens is 240 g/mol. The van der Waals surface area contributed by atoms with Crippen LogP contribution in [0.2, 0.25) is 0 Å². The Morgan fingerprint density at radius 3 is 2.50 bits per heavy atom. The number of halogens is 2. The van der Waals surface area contributed by atoms with Crippen LogP contribution in [0.3, 0.4) is 0 Å². The van der Waals surface area contributed by atoms with Crippen LogP contribution in [0.4, 0.5) is 8.78 Å². The van der Waals surface area contributed by atoms with E-state index in [0.29, 0.717) is 0 Å². The summed E-state index contributed by atoms with van der Waals surface area (Å²) >= 11 is 0. The summed E-state index contributed by atoms with van der Waals surface area (Å²) in [6.07, 6.45) is -1.14. The van der Waals surface area contributed by atoms with Crippen molar-refractivity contribution in [2.75, 3.05) is 13.2 Å². The predicted octanol–water partition coefficient (Wildman–Crippen LogP) is 1.60. The molecule has 5 heteroatoms. The van der Waals surface area contributed by atoms with Gasteiger partial charge in [0, 0.05) is 18.2 Å². The van der Waals surface area contributed by atoms with Crippen molar-refractivity contribution in [2.24, 2.45) is 5.92 Å². The van der Waals surface area contributed by atoms with E-state index in [9.17, 15) is 13.9 Å². The highest BCUT2D eigenvalue weighted by atomic mass is 19.1. The average molecular weight is 259 g/mol. The molecule has 0 aliphatic rings. The summed E-state index contributed by atoms with van der Waals surface area (Å²) in [7, 11) is 0. The molecule has 1 rings (SSSR count). The Morgan fingerprint density at radius 1 is 1.28 bits per heavy atom. The van der Waals surface area contributed by atoms with Gasteiger partial charge in [-0.1, -0.05) is 13.8 Å². The monoisotopic (exact) mass is 259 g/mol. The molecule has 1 aromatic carbocycles. The van der Waals surface area contributed by atoms with Crippen LogP contribution >= 0.6 is 0 Å². The van der Waals surface area contributed by atoms with Crippen LogP contribution in [0.1, 0.15) is 25.5 Å². The Balaban J connectivity index is 2.65. The second kappa shape index (κ2) is 6.78. The molecule has 0 fully saturated rings. The predicted molar refractivity (Wildman–Crippen MR) is 65.0 cm³/mol. The Bertz CT molecular complexity index is 385.